The van der Waals surface area contributed by atoms with Crippen LogP contribution in [0.15, 0.2) is 24.3 Å². The van der Waals surface area contributed by atoms with E-state index >= 15 is 0 Å². The van der Waals surface area contributed by atoms with E-state index in [1.54, 1.807) is 17.0 Å². The van der Waals surface area contributed by atoms with Gasteiger partial charge >= 0.3 is 0 Å². The molecule has 1 aromatic carbocycles. The molecule has 2 N–H and O–H groups in total. The highest BCUT2D eigenvalue weighted by Crippen LogP contribution is 2.08. The van der Waals surface area contributed by atoms with Crippen molar-refractivity contribution in [3.8, 4) is 5.75 Å². The highest BCUT2D eigenvalue weighted by Gasteiger charge is 2.13. The lowest BCUT2D eigenvalue weighted by molar-refractivity contribution is -0.921. The smallest absolute Gasteiger partial charge is 0.115 e. The van der Waals surface area contributed by atoms with E-state index in [2.05, 4.69) is 0 Å². The molecule has 1 heterocycles. The number of phenolic OH excluding ortho intramolecular Hbond substituents is 1. The van der Waals surface area contributed by atoms with Gasteiger partial charge < -0.3 is 14.7 Å². The van der Waals surface area contributed by atoms with E-state index in [0.29, 0.717) is 5.75 Å². The van der Waals surface area contributed by atoms with E-state index in [1.807, 2.05) is 12.1 Å². The van der Waals surface area contributed by atoms with Crippen LogP contribution in [0.5, 0.6) is 5.75 Å². The van der Waals surface area contributed by atoms with Gasteiger partial charge in [-0.15, -0.1) is 0 Å². The molecule has 1 saturated heterocycles. The van der Waals surface area contributed by atoms with E-state index in [4.69, 9.17) is 9.84 Å². The summed E-state index contributed by atoms with van der Waals surface area (Å²) in [6, 6.07) is 7.46. The summed E-state index contributed by atoms with van der Waals surface area (Å²) in [6.45, 7) is 4.94. The molecule has 0 bridgehead atoms. The van der Waals surface area contributed by atoms with E-state index in [0.717, 1.165) is 32.8 Å². The standard InChI is InChI=1S/C11H15NO2/c13-11-3-1-10(2-4-11)9-12-5-7-14-8-6-12/h1-4,13H,5-9H2/p+1. The third-order valence-corrected chi connectivity index (χ3v) is 2.59. The number of aromatic hydroxyl groups is 1. The maximum Gasteiger partial charge on any atom is 0.115 e. The third-order valence-electron chi connectivity index (χ3n) is 2.59. The fourth-order valence-electron chi connectivity index (χ4n) is 1.74. The second-order valence-electron chi connectivity index (χ2n) is 3.71. The number of quaternary nitrogens is 1. The largest absolute Gasteiger partial charge is 0.508 e. The lowest BCUT2D eigenvalue weighted by Crippen LogP contribution is -3.12. The van der Waals surface area contributed by atoms with Crippen LogP contribution in [0, 0.1) is 0 Å². The molecule has 76 valence electrons. The first-order valence-corrected chi connectivity index (χ1v) is 5.04. The van der Waals surface area contributed by atoms with Crippen LogP contribution in [-0.2, 0) is 11.3 Å². The molecular formula is C11H16NO2+. The van der Waals surface area contributed by atoms with Gasteiger partial charge in [-0.25, -0.2) is 0 Å². The van der Waals surface area contributed by atoms with Crippen molar-refractivity contribution < 1.29 is 14.7 Å². The van der Waals surface area contributed by atoms with Crippen LogP contribution < -0.4 is 4.90 Å². The van der Waals surface area contributed by atoms with Crippen molar-refractivity contribution in [2.24, 2.45) is 0 Å². The average Bonchev–Trinajstić information content (AvgIpc) is 2.23. The van der Waals surface area contributed by atoms with Gasteiger partial charge in [0.1, 0.15) is 25.4 Å². The van der Waals surface area contributed by atoms with Crippen molar-refractivity contribution in [3.63, 3.8) is 0 Å². The molecule has 0 radical (unpaired) electrons. The predicted molar refractivity (Wildman–Crippen MR) is 53.3 cm³/mol. The summed E-state index contributed by atoms with van der Waals surface area (Å²) in [5.74, 6) is 0.339. The lowest BCUT2D eigenvalue weighted by atomic mass is 10.2. The van der Waals surface area contributed by atoms with Crippen LogP contribution >= 0.6 is 0 Å². The molecule has 0 unspecified atom stereocenters. The minimum Gasteiger partial charge on any atom is -0.508 e. The molecule has 1 aromatic rings. The molecule has 0 saturated carbocycles. The predicted octanol–water partition coefficient (Wildman–Crippen LogP) is -0.193. The Balaban J connectivity index is 1.92. The number of hydrogen-bond donors (Lipinski definition) is 2. The van der Waals surface area contributed by atoms with Crippen LogP contribution in [0.2, 0.25) is 0 Å². The Kier molecular flexibility index (Phi) is 3.01. The number of morpholine rings is 1. The number of benzene rings is 1. The Morgan fingerprint density at radius 2 is 1.79 bits per heavy atom. The topological polar surface area (TPSA) is 33.9 Å². The number of rotatable bonds is 2. The minimum absolute atomic E-state index is 0.339. The Hall–Kier alpha value is -1.06. The first-order valence-electron chi connectivity index (χ1n) is 5.04. The van der Waals surface area contributed by atoms with Crippen molar-refractivity contribution >= 4 is 0 Å². The lowest BCUT2D eigenvalue weighted by Gasteiger charge is -2.23. The molecule has 0 amide bonds. The summed E-state index contributed by atoms with van der Waals surface area (Å²) in [5.41, 5.74) is 1.28. The van der Waals surface area contributed by atoms with Gasteiger partial charge in [-0.2, -0.15) is 0 Å². The first-order chi connectivity index (χ1) is 6.84. The van der Waals surface area contributed by atoms with Crippen LogP contribution in [0.1, 0.15) is 5.56 Å². The van der Waals surface area contributed by atoms with Crippen molar-refractivity contribution in [2.75, 3.05) is 26.3 Å². The van der Waals surface area contributed by atoms with E-state index in [9.17, 15) is 0 Å². The number of ether oxygens (including phenoxy) is 1. The molecule has 1 fully saturated rings. The summed E-state index contributed by atoms with van der Waals surface area (Å²) in [5, 5.41) is 9.14. The summed E-state index contributed by atoms with van der Waals surface area (Å²) >= 11 is 0. The maximum absolute atomic E-state index is 9.14. The molecular weight excluding hydrogens is 178 g/mol. The summed E-state index contributed by atoms with van der Waals surface area (Å²) < 4.78 is 5.30. The van der Waals surface area contributed by atoms with Gasteiger partial charge in [-0.05, 0) is 24.3 Å². The third kappa shape index (κ3) is 2.47. The zero-order chi connectivity index (χ0) is 9.80. The van der Waals surface area contributed by atoms with Crippen LogP contribution in [0.3, 0.4) is 0 Å². The van der Waals surface area contributed by atoms with Gasteiger partial charge in [0.25, 0.3) is 0 Å². The molecule has 1 aliphatic heterocycles. The van der Waals surface area contributed by atoms with E-state index < -0.39 is 0 Å². The molecule has 2 rings (SSSR count). The molecule has 3 heteroatoms. The highest BCUT2D eigenvalue weighted by atomic mass is 16.5. The quantitative estimate of drug-likeness (QED) is 0.684. The van der Waals surface area contributed by atoms with E-state index in [-0.39, 0.29) is 0 Å². The zero-order valence-electron chi connectivity index (χ0n) is 8.20. The fourth-order valence-corrected chi connectivity index (χ4v) is 1.74. The van der Waals surface area contributed by atoms with Crippen molar-refractivity contribution in [2.45, 2.75) is 6.54 Å². The summed E-state index contributed by atoms with van der Waals surface area (Å²) in [7, 11) is 0. The normalized spacial score (nSPS) is 18.3. The van der Waals surface area contributed by atoms with Gasteiger partial charge in [0.15, 0.2) is 0 Å². The van der Waals surface area contributed by atoms with Crippen molar-refractivity contribution in [1.82, 2.24) is 0 Å². The number of nitrogens with one attached hydrogen (secondary N) is 1. The van der Waals surface area contributed by atoms with Gasteiger partial charge in [0.05, 0.1) is 13.2 Å². The Bertz CT molecular complexity index is 278. The molecule has 14 heavy (non-hydrogen) atoms. The van der Waals surface area contributed by atoms with Crippen LogP contribution in [0.25, 0.3) is 0 Å². The zero-order valence-corrected chi connectivity index (χ0v) is 8.20. The van der Waals surface area contributed by atoms with Crippen LogP contribution in [-0.4, -0.2) is 31.4 Å². The maximum atomic E-state index is 9.14. The molecule has 1 aliphatic rings. The second kappa shape index (κ2) is 4.44. The van der Waals surface area contributed by atoms with Gasteiger partial charge in [-0.1, -0.05) is 0 Å². The first kappa shape index (κ1) is 9.49. The van der Waals surface area contributed by atoms with Gasteiger partial charge in [0.2, 0.25) is 0 Å². The minimum atomic E-state index is 0.339. The van der Waals surface area contributed by atoms with Gasteiger partial charge in [0, 0.05) is 5.56 Å². The Morgan fingerprint density at radius 3 is 2.43 bits per heavy atom. The molecule has 0 atom stereocenters. The fraction of sp³-hybridized carbons (Fsp3) is 0.455. The molecule has 3 nitrogen and oxygen atoms in total. The van der Waals surface area contributed by atoms with Crippen molar-refractivity contribution in [1.29, 1.82) is 0 Å². The summed E-state index contributed by atoms with van der Waals surface area (Å²) in [6.07, 6.45) is 0. The highest BCUT2D eigenvalue weighted by molar-refractivity contribution is 5.25. The number of hydrogen-bond acceptors (Lipinski definition) is 2. The van der Waals surface area contributed by atoms with Crippen LogP contribution in [0.4, 0.5) is 0 Å². The SMILES string of the molecule is Oc1ccc(C[NH+]2CCOCC2)cc1. The molecule has 0 aliphatic carbocycles. The Morgan fingerprint density at radius 1 is 1.14 bits per heavy atom. The van der Waals surface area contributed by atoms with E-state index in [1.165, 1.54) is 5.56 Å². The van der Waals surface area contributed by atoms with Gasteiger partial charge in [-0.3, -0.25) is 0 Å². The van der Waals surface area contributed by atoms with Crippen molar-refractivity contribution in [3.05, 3.63) is 29.8 Å². The molecule has 0 spiro atoms. The summed E-state index contributed by atoms with van der Waals surface area (Å²) in [4.78, 5) is 1.56. The molecule has 0 aromatic heterocycles. The average molecular weight is 194 g/mol. The second-order valence-corrected chi connectivity index (χ2v) is 3.71. The Labute approximate surface area is 83.9 Å². The monoisotopic (exact) mass is 194 g/mol. The number of phenols is 1.